The fourth-order valence-electron chi connectivity index (χ4n) is 0.808. The molecule has 0 atom stereocenters. The van der Waals surface area contributed by atoms with Crippen molar-refractivity contribution in [1.82, 2.24) is 9.55 Å². The fraction of sp³-hybridized carbons (Fsp3) is 0.143. The van der Waals surface area contributed by atoms with Gasteiger partial charge in [-0.15, -0.1) is 0 Å². The number of aromatic carboxylic acids is 1. The normalized spacial score (nSPS) is 10.8. The Labute approximate surface area is 74.1 Å². The van der Waals surface area contributed by atoms with Crippen LogP contribution < -0.4 is 0 Å². The third-order valence-electron chi connectivity index (χ3n) is 1.30. The number of rotatable bonds is 3. The Bertz CT molecular complexity index is 306. The molecule has 0 saturated heterocycles. The van der Waals surface area contributed by atoms with Gasteiger partial charge < -0.3 is 9.67 Å². The van der Waals surface area contributed by atoms with Crippen LogP contribution in [-0.4, -0.2) is 20.6 Å². The fourth-order valence-corrected chi connectivity index (χ4v) is 0.888. The van der Waals surface area contributed by atoms with Crippen LogP contribution in [0, 0.1) is 0 Å². The van der Waals surface area contributed by atoms with Crippen molar-refractivity contribution >= 4 is 17.6 Å². The van der Waals surface area contributed by atoms with E-state index in [0.717, 1.165) is 0 Å². The number of carboxylic acid groups (broad SMARTS) is 1. The molecule has 1 aromatic heterocycles. The van der Waals surface area contributed by atoms with Crippen molar-refractivity contribution in [2.45, 2.75) is 6.54 Å². The smallest absolute Gasteiger partial charge is 0.372 e. The summed E-state index contributed by atoms with van der Waals surface area (Å²) in [5.41, 5.74) is 1.34. The van der Waals surface area contributed by atoms with E-state index in [4.69, 9.17) is 16.7 Å². The molecule has 5 heteroatoms. The van der Waals surface area contributed by atoms with Gasteiger partial charge in [0.05, 0.1) is 0 Å². The molecule has 0 amide bonds. The average Bonchev–Trinajstić information content (AvgIpc) is 2.48. The number of hydrogen-bond acceptors (Lipinski definition) is 2. The summed E-state index contributed by atoms with van der Waals surface area (Å²) in [6.45, 7) is 0.422. The van der Waals surface area contributed by atoms with Crippen LogP contribution in [0.3, 0.4) is 0 Å². The minimum atomic E-state index is -1.04. The average molecular weight is 187 g/mol. The van der Waals surface area contributed by atoms with Gasteiger partial charge in [-0.1, -0.05) is 17.7 Å². The van der Waals surface area contributed by atoms with E-state index in [1.165, 1.54) is 16.3 Å². The maximum Gasteiger partial charge on any atom is 0.372 e. The number of carbonyl (C=O) groups is 1. The molecule has 1 N–H and O–H groups in total. The Morgan fingerprint density at radius 3 is 3.17 bits per heavy atom. The summed E-state index contributed by atoms with van der Waals surface area (Å²) < 4.78 is 1.49. The lowest BCUT2D eigenvalue weighted by Crippen LogP contribution is -2.08. The third kappa shape index (κ3) is 1.85. The molecule has 0 saturated carbocycles. The van der Waals surface area contributed by atoms with Gasteiger partial charge in [0, 0.05) is 24.5 Å². The zero-order valence-electron chi connectivity index (χ0n) is 6.14. The standard InChI is InChI=1S/C7H7ClN2O2/c8-2-1-4-10-5-3-9-6(10)7(11)12/h1-3,5H,4H2,(H,11,12)/b2-1+. The third-order valence-corrected chi connectivity index (χ3v) is 1.48. The Balaban J connectivity index is 2.84. The van der Waals surface area contributed by atoms with Crippen LogP contribution in [-0.2, 0) is 6.54 Å². The maximum atomic E-state index is 10.5. The highest BCUT2D eigenvalue weighted by atomic mass is 35.5. The number of allylic oxidation sites excluding steroid dienone is 1. The monoisotopic (exact) mass is 186 g/mol. The second-order valence-corrected chi connectivity index (χ2v) is 2.32. The van der Waals surface area contributed by atoms with Crippen LogP contribution in [0.15, 0.2) is 24.0 Å². The summed E-state index contributed by atoms with van der Waals surface area (Å²) in [4.78, 5) is 14.2. The lowest BCUT2D eigenvalue weighted by Gasteiger charge is -1.98. The van der Waals surface area contributed by atoms with E-state index in [-0.39, 0.29) is 5.82 Å². The van der Waals surface area contributed by atoms with Gasteiger partial charge in [0.25, 0.3) is 0 Å². The number of hydrogen-bond donors (Lipinski definition) is 1. The summed E-state index contributed by atoms with van der Waals surface area (Å²) in [7, 11) is 0. The van der Waals surface area contributed by atoms with Crippen LogP contribution >= 0.6 is 11.6 Å². The SMILES string of the molecule is O=C(O)c1nccn1C/C=C/Cl. The van der Waals surface area contributed by atoms with Gasteiger partial charge in [0.1, 0.15) is 0 Å². The molecule has 0 unspecified atom stereocenters. The molecular weight excluding hydrogens is 180 g/mol. The minimum Gasteiger partial charge on any atom is -0.475 e. The van der Waals surface area contributed by atoms with Gasteiger partial charge in [-0.2, -0.15) is 0 Å². The molecule has 0 aliphatic rings. The molecule has 0 bridgehead atoms. The van der Waals surface area contributed by atoms with Crippen molar-refractivity contribution in [2.24, 2.45) is 0 Å². The van der Waals surface area contributed by atoms with Crippen LogP contribution in [0.25, 0.3) is 0 Å². The van der Waals surface area contributed by atoms with Crippen molar-refractivity contribution in [3.05, 3.63) is 29.8 Å². The van der Waals surface area contributed by atoms with Gasteiger partial charge in [-0.25, -0.2) is 9.78 Å². The molecule has 0 spiro atoms. The second-order valence-electron chi connectivity index (χ2n) is 2.07. The van der Waals surface area contributed by atoms with Crippen molar-refractivity contribution in [3.8, 4) is 0 Å². The Kier molecular flexibility index (Phi) is 2.88. The van der Waals surface area contributed by atoms with E-state index in [0.29, 0.717) is 6.54 Å². The minimum absolute atomic E-state index is 0.0183. The highest BCUT2D eigenvalue weighted by molar-refractivity contribution is 6.25. The van der Waals surface area contributed by atoms with Crippen molar-refractivity contribution in [1.29, 1.82) is 0 Å². The van der Waals surface area contributed by atoms with Gasteiger partial charge in [-0.05, 0) is 0 Å². The van der Waals surface area contributed by atoms with Crippen LogP contribution in [0.2, 0.25) is 0 Å². The maximum absolute atomic E-state index is 10.5. The van der Waals surface area contributed by atoms with Gasteiger partial charge in [0.15, 0.2) is 0 Å². The quantitative estimate of drug-likeness (QED) is 0.775. The second kappa shape index (κ2) is 3.92. The molecule has 0 aromatic carbocycles. The van der Waals surface area contributed by atoms with E-state index >= 15 is 0 Å². The summed E-state index contributed by atoms with van der Waals surface area (Å²) >= 11 is 5.29. The van der Waals surface area contributed by atoms with Crippen LogP contribution in [0.1, 0.15) is 10.6 Å². The van der Waals surface area contributed by atoms with Gasteiger partial charge in [-0.3, -0.25) is 0 Å². The molecule has 0 aliphatic carbocycles. The van der Waals surface area contributed by atoms with Crippen molar-refractivity contribution in [3.63, 3.8) is 0 Å². The van der Waals surface area contributed by atoms with E-state index in [1.807, 2.05) is 0 Å². The Morgan fingerprint density at radius 2 is 2.58 bits per heavy atom. The lowest BCUT2D eigenvalue weighted by molar-refractivity contribution is 0.0679. The summed E-state index contributed by atoms with van der Waals surface area (Å²) in [6, 6.07) is 0. The van der Waals surface area contributed by atoms with Crippen LogP contribution in [0.5, 0.6) is 0 Å². The lowest BCUT2D eigenvalue weighted by atomic mass is 10.5. The first-order valence-corrected chi connectivity index (χ1v) is 3.69. The highest BCUT2D eigenvalue weighted by Crippen LogP contribution is 1.97. The molecule has 1 heterocycles. The molecule has 64 valence electrons. The number of halogens is 1. The summed E-state index contributed by atoms with van der Waals surface area (Å²) in [5.74, 6) is -1.02. The van der Waals surface area contributed by atoms with E-state index < -0.39 is 5.97 Å². The van der Waals surface area contributed by atoms with Crippen molar-refractivity contribution < 1.29 is 9.90 Å². The Morgan fingerprint density at radius 1 is 1.83 bits per heavy atom. The van der Waals surface area contributed by atoms with Gasteiger partial charge in [0.2, 0.25) is 5.82 Å². The molecule has 1 rings (SSSR count). The first kappa shape index (κ1) is 8.80. The molecule has 0 aliphatic heterocycles. The highest BCUT2D eigenvalue weighted by Gasteiger charge is 2.08. The zero-order valence-corrected chi connectivity index (χ0v) is 6.90. The zero-order chi connectivity index (χ0) is 8.97. The first-order chi connectivity index (χ1) is 5.75. The topological polar surface area (TPSA) is 55.1 Å². The molecule has 0 fully saturated rings. The molecule has 12 heavy (non-hydrogen) atoms. The number of aromatic nitrogens is 2. The predicted octanol–water partition coefficient (Wildman–Crippen LogP) is 1.33. The number of imidazole rings is 1. The molecule has 4 nitrogen and oxygen atoms in total. The number of carboxylic acids is 1. The first-order valence-electron chi connectivity index (χ1n) is 3.25. The van der Waals surface area contributed by atoms with Gasteiger partial charge >= 0.3 is 5.97 Å². The molecular formula is C7H7ClN2O2. The molecule has 1 aromatic rings. The molecule has 0 radical (unpaired) electrons. The van der Waals surface area contributed by atoms with E-state index in [1.54, 1.807) is 12.3 Å². The van der Waals surface area contributed by atoms with E-state index in [2.05, 4.69) is 4.98 Å². The summed E-state index contributed by atoms with van der Waals surface area (Å²) in [6.07, 6.45) is 4.65. The number of nitrogens with zero attached hydrogens (tertiary/aromatic N) is 2. The largest absolute Gasteiger partial charge is 0.475 e. The van der Waals surface area contributed by atoms with E-state index in [9.17, 15) is 4.79 Å². The predicted molar refractivity (Wildman–Crippen MR) is 44.2 cm³/mol. The van der Waals surface area contributed by atoms with Crippen molar-refractivity contribution in [2.75, 3.05) is 0 Å². The Hall–Kier alpha value is -1.29. The summed E-state index contributed by atoms with van der Waals surface area (Å²) in [5, 5.41) is 8.61. The van der Waals surface area contributed by atoms with Crippen LogP contribution in [0.4, 0.5) is 0 Å².